The van der Waals surface area contributed by atoms with Gasteiger partial charge in [0.25, 0.3) is 5.91 Å². The topological polar surface area (TPSA) is 71.5 Å². The van der Waals surface area contributed by atoms with E-state index in [0.29, 0.717) is 35.8 Å². The van der Waals surface area contributed by atoms with Crippen molar-refractivity contribution >= 4 is 29.1 Å². The molecule has 0 saturated carbocycles. The Kier molecular flexibility index (Phi) is 5.24. The molecule has 0 atom stereocenters. The number of hydrogen-bond donors (Lipinski definition) is 1. The Morgan fingerprint density at radius 3 is 2.76 bits per heavy atom. The van der Waals surface area contributed by atoms with Gasteiger partial charge in [-0.25, -0.2) is 9.78 Å². The molecule has 0 bridgehead atoms. The number of fused-ring (bicyclic) bond motifs is 1. The Morgan fingerprint density at radius 2 is 1.90 bits per heavy atom. The van der Waals surface area contributed by atoms with Crippen molar-refractivity contribution in [3.05, 3.63) is 83.6 Å². The molecule has 2 heterocycles. The average molecular weight is 387 g/mol. The van der Waals surface area contributed by atoms with Gasteiger partial charge in [0.15, 0.2) is 0 Å². The van der Waals surface area contributed by atoms with Crippen LogP contribution in [0, 0.1) is 0 Å². The fourth-order valence-electron chi connectivity index (χ4n) is 3.45. The molecule has 1 amide bonds. The van der Waals surface area contributed by atoms with Gasteiger partial charge in [0.2, 0.25) is 0 Å². The first kappa shape index (κ1) is 18.7. The number of para-hydroxylation sites is 2. The van der Waals surface area contributed by atoms with Crippen molar-refractivity contribution in [2.45, 2.75) is 13.3 Å². The third-order valence-electron chi connectivity index (χ3n) is 4.82. The number of nitrogens with zero attached hydrogens (tertiary/aromatic N) is 2. The van der Waals surface area contributed by atoms with E-state index in [9.17, 15) is 9.59 Å². The molecule has 1 aliphatic rings. The molecule has 0 unspecified atom stereocenters. The van der Waals surface area contributed by atoms with E-state index in [-0.39, 0.29) is 5.91 Å². The highest BCUT2D eigenvalue weighted by Gasteiger charge is 2.25. The molecule has 1 N–H and O–H groups in total. The number of carbonyl (C=O) groups excluding carboxylic acids is 2. The van der Waals surface area contributed by atoms with Crippen molar-refractivity contribution in [1.82, 2.24) is 4.98 Å². The Morgan fingerprint density at radius 1 is 1.10 bits per heavy atom. The Bertz CT molecular complexity index is 1060. The molecule has 0 radical (unpaired) electrons. The minimum atomic E-state index is -0.406. The molecule has 2 aromatic carbocycles. The van der Waals surface area contributed by atoms with Crippen LogP contribution in [0.2, 0.25) is 0 Å². The highest BCUT2D eigenvalue weighted by atomic mass is 16.5. The Balaban J connectivity index is 1.58. The first-order valence-corrected chi connectivity index (χ1v) is 9.56. The molecule has 3 aromatic rings. The van der Waals surface area contributed by atoms with Gasteiger partial charge in [-0.2, -0.15) is 0 Å². The number of aromatic nitrogens is 1. The predicted molar refractivity (Wildman–Crippen MR) is 112 cm³/mol. The summed E-state index contributed by atoms with van der Waals surface area (Å²) in [6, 6.07) is 18.4. The van der Waals surface area contributed by atoms with Gasteiger partial charge in [0, 0.05) is 24.0 Å². The number of pyridine rings is 1. The third kappa shape index (κ3) is 3.82. The number of amides is 1. The van der Waals surface area contributed by atoms with Crippen molar-refractivity contribution < 1.29 is 14.3 Å². The summed E-state index contributed by atoms with van der Waals surface area (Å²) in [5, 5.41) is 3.13. The van der Waals surface area contributed by atoms with Gasteiger partial charge in [-0.1, -0.05) is 30.3 Å². The monoisotopic (exact) mass is 387 g/mol. The smallest absolute Gasteiger partial charge is 0.340 e. The molecule has 0 saturated heterocycles. The standard InChI is InChI=1S/C23H21N3O3/c1-2-29-23(28)18-8-4-5-9-19(18)25-21-15-17(11-13-24-21)22(27)26-14-12-16-7-3-6-10-20(16)26/h3-11,13,15H,2,12,14H2,1H3,(H,24,25). The summed E-state index contributed by atoms with van der Waals surface area (Å²) in [5.74, 6) is 0.00987. The maximum Gasteiger partial charge on any atom is 0.340 e. The van der Waals surface area contributed by atoms with Gasteiger partial charge in [0.05, 0.1) is 17.9 Å². The number of anilines is 3. The first-order chi connectivity index (χ1) is 14.2. The van der Waals surface area contributed by atoms with Crippen LogP contribution >= 0.6 is 0 Å². The van der Waals surface area contributed by atoms with E-state index in [1.807, 2.05) is 24.3 Å². The van der Waals surface area contributed by atoms with Crippen LogP contribution in [0.1, 0.15) is 33.2 Å². The van der Waals surface area contributed by atoms with Gasteiger partial charge in [0.1, 0.15) is 5.82 Å². The summed E-state index contributed by atoms with van der Waals surface area (Å²) < 4.78 is 5.11. The van der Waals surface area contributed by atoms with E-state index in [1.165, 1.54) is 5.56 Å². The first-order valence-electron chi connectivity index (χ1n) is 9.56. The van der Waals surface area contributed by atoms with E-state index in [0.717, 1.165) is 12.1 Å². The van der Waals surface area contributed by atoms with Crippen LogP contribution in [0.15, 0.2) is 66.9 Å². The lowest BCUT2D eigenvalue weighted by Gasteiger charge is -2.18. The Hall–Kier alpha value is -3.67. The highest BCUT2D eigenvalue weighted by Crippen LogP contribution is 2.29. The van der Waals surface area contributed by atoms with Gasteiger partial charge < -0.3 is 15.0 Å². The van der Waals surface area contributed by atoms with E-state index < -0.39 is 5.97 Å². The summed E-state index contributed by atoms with van der Waals surface area (Å²) in [6.07, 6.45) is 2.44. The zero-order valence-corrected chi connectivity index (χ0v) is 16.1. The second-order valence-electron chi connectivity index (χ2n) is 6.66. The molecule has 1 aromatic heterocycles. The van der Waals surface area contributed by atoms with Crippen molar-refractivity contribution in [3.8, 4) is 0 Å². The van der Waals surface area contributed by atoms with Gasteiger partial charge in [-0.15, -0.1) is 0 Å². The number of benzene rings is 2. The average Bonchev–Trinajstić information content (AvgIpc) is 3.18. The fraction of sp³-hybridized carbons (Fsp3) is 0.174. The van der Waals surface area contributed by atoms with Crippen LogP contribution in [-0.4, -0.2) is 30.0 Å². The van der Waals surface area contributed by atoms with Crippen LogP contribution in [0.5, 0.6) is 0 Å². The number of rotatable bonds is 5. The molecule has 6 heteroatoms. The van der Waals surface area contributed by atoms with Crippen LogP contribution < -0.4 is 10.2 Å². The van der Waals surface area contributed by atoms with E-state index in [2.05, 4.69) is 16.4 Å². The minimum Gasteiger partial charge on any atom is -0.462 e. The largest absolute Gasteiger partial charge is 0.462 e. The maximum absolute atomic E-state index is 13.1. The number of carbonyl (C=O) groups is 2. The van der Waals surface area contributed by atoms with Gasteiger partial charge in [-0.05, 0) is 49.2 Å². The van der Waals surface area contributed by atoms with E-state index in [4.69, 9.17) is 4.74 Å². The van der Waals surface area contributed by atoms with Crippen LogP contribution in [-0.2, 0) is 11.2 Å². The lowest BCUT2D eigenvalue weighted by molar-refractivity contribution is 0.0527. The molecule has 4 rings (SSSR count). The fourth-order valence-corrected chi connectivity index (χ4v) is 3.45. The molecular weight excluding hydrogens is 366 g/mol. The zero-order chi connectivity index (χ0) is 20.2. The molecule has 146 valence electrons. The normalized spacial score (nSPS) is 12.4. The summed E-state index contributed by atoms with van der Waals surface area (Å²) in [6.45, 7) is 2.72. The molecular formula is C23H21N3O3. The molecule has 0 fully saturated rings. The van der Waals surface area contributed by atoms with Crippen LogP contribution in [0.3, 0.4) is 0 Å². The van der Waals surface area contributed by atoms with Crippen molar-refractivity contribution in [3.63, 3.8) is 0 Å². The van der Waals surface area contributed by atoms with Crippen molar-refractivity contribution in [2.24, 2.45) is 0 Å². The minimum absolute atomic E-state index is 0.0703. The third-order valence-corrected chi connectivity index (χ3v) is 4.82. The number of ether oxygens (including phenoxy) is 1. The number of nitrogens with one attached hydrogen (secondary N) is 1. The van der Waals surface area contributed by atoms with Crippen LogP contribution in [0.4, 0.5) is 17.2 Å². The van der Waals surface area contributed by atoms with Crippen molar-refractivity contribution in [1.29, 1.82) is 0 Å². The summed E-state index contributed by atoms with van der Waals surface area (Å²) in [5.41, 5.74) is 3.66. The molecule has 29 heavy (non-hydrogen) atoms. The Labute approximate surface area is 169 Å². The summed E-state index contributed by atoms with van der Waals surface area (Å²) in [7, 11) is 0. The van der Waals surface area contributed by atoms with Gasteiger partial charge >= 0.3 is 5.97 Å². The maximum atomic E-state index is 13.1. The van der Waals surface area contributed by atoms with Crippen molar-refractivity contribution in [2.75, 3.05) is 23.4 Å². The van der Waals surface area contributed by atoms with Crippen LogP contribution in [0.25, 0.3) is 0 Å². The predicted octanol–water partition coefficient (Wildman–Crippen LogP) is 4.20. The molecule has 0 aliphatic carbocycles. The summed E-state index contributed by atoms with van der Waals surface area (Å²) in [4.78, 5) is 31.3. The van der Waals surface area contributed by atoms with E-state index >= 15 is 0 Å². The lowest BCUT2D eigenvalue weighted by Crippen LogP contribution is -2.28. The SMILES string of the molecule is CCOC(=O)c1ccccc1Nc1cc(C(=O)N2CCc3ccccc32)ccn1. The summed E-state index contributed by atoms with van der Waals surface area (Å²) >= 11 is 0. The van der Waals surface area contributed by atoms with E-state index in [1.54, 1.807) is 48.4 Å². The molecule has 6 nitrogen and oxygen atoms in total. The lowest BCUT2D eigenvalue weighted by atomic mass is 10.1. The van der Waals surface area contributed by atoms with Gasteiger partial charge in [-0.3, -0.25) is 4.79 Å². The number of esters is 1. The zero-order valence-electron chi connectivity index (χ0n) is 16.1. The molecule has 0 spiro atoms. The second kappa shape index (κ2) is 8.14. The number of hydrogen-bond acceptors (Lipinski definition) is 5. The quantitative estimate of drug-likeness (QED) is 0.664. The second-order valence-corrected chi connectivity index (χ2v) is 6.66. The highest BCUT2D eigenvalue weighted by molar-refractivity contribution is 6.07. The molecule has 1 aliphatic heterocycles.